The van der Waals surface area contributed by atoms with Gasteiger partial charge in [0.25, 0.3) is 0 Å². The predicted octanol–water partition coefficient (Wildman–Crippen LogP) is 4.92. The number of nitrogens with zero attached hydrogens (tertiary/aromatic N) is 1. The van der Waals surface area contributed by atoms with Crippen molar-refractivity contribution in [2.24, 2.45) is 5.92 Å². The zero-order valence-corrected chi connectivity index (χ0v) is 16.3. The fourth-order valence-electron chi connectivity index (χ4n) is 4.63. The average molecular weight is 392 g/mol. The topological polar surface area (TPSA) is 49.9 Å². The first-order valence-electron chi connectivity index (χ1n) is 9.49. The SMILES string of the molecule is C[C@H]1N[C@H]2C[C@@H]1[C@H](OCc1cc(-c3c(Cl)cc(C4CC4)cc3Cl)n[nH]1)C2. The first-order valence-corrected chi connectivity index (χ1v) is 10.3. The molecule has 1 aliphatic heterocycles. The van der Waals surface area contributed by atoms with Crippen molar-refractivity contribution in [1.82, 2.24) is 15.5 Å². The molecule has 0 unspecified atom stereocenters. The second-order valence-corrected chi connectivity index (χ2v) is 8.86. The maximum absolute atomic E-state index is 6.51. The second kappa shape index (κ2) is 6.52. The van der Waals surface area contributed by atoms with Crippen LogP contribution in [0.4, 0.5) is 0 Å². The standard InChI is InChI=1S/C20H23Cl2N3O/c1-10-15-6-13(23-10)8-19(15)26-9-14-7-18(25-24-14)20-16(21)4-12(5-17(20)22)11-2-3-11/h4-5,7,10-11,13,15,19,23H,2-3,6,8-9H2,1H3,(H,24,25)/t10-,13+,15+,19-/m1/s1. The van der Waals surface area contributed by atoms with Crippen LogP contribution in [0.15, 0.2) is 18.2 Å². The van der Waals surface area contributed by atoms with Gasteiger partial charge in [0.05, 0.1) is 34.1 Å². The van der Waals surface area contributed by atoms with E-state index in [-0.39, 0.29) is 0 Å². The minimum atomic E-state index is 0.341. The Hall–Kier alpha value is -1.07. The third-order valence-corrected chi connectivity index (χ3v) is 6.74. The molecule has 2 aliphatic carbocycles. The normalized spacial score (nSPS) is 30.3. The van der Waals surface area contributed by atoms with Crippen LogP contribution in [0.5, 0.6) is 0 Å². The Balaban J connectivity index is 1.30. The van der Waals surface area contributed by atoms with E-state index < -0.39 is 0 Å². The number of nitrogens with one attached hydrogen (secondary N) is 2. The molecule has 3 aliphatic rings. The lowest BCUT2D eigenvalue weighted by Gasteiger charge is -2.27. The highest BCUT2D eigenvalue weighted by molar-refractivity contribution is 6.39. The fourth-order valence-corrected chi connectivity index (χ4v) is 5.33. The Bertz CT molecular complexity index is 809. The number of hydrogen-bond acceptors (Lipinski definition) is 3. The van der Waals surface area contributed by atoms with Crippen LogP contribution in [-0.2, 0) is 11.3 Å². The van der Waals surface area contributed by atoms with Crippen molar-refractivity contribution < 1.29 is 4.74 Å². The van der Waals surface area contributed by atoms with Crippen molar-refractivity contribution in [2.75, 3.05) is 0 Å². The quantitative estimate of drug-likeness (QED) is 0.760. The van der Waals surface area contributed by atoms with Crippen LogP contribution in [0.25, 0.3) is 11.3 Å². The molecule has 2 bridgehead atoms. The summed E-state index contributed by atoms with van der Waals surface area (Å²) in [5.41, 5.74) is 3.78. The van der Waals surface area contributed by atoms with Gasteiger partial charge >= 0.3 is 0 Å². The van der Waals surface area contributed by atoms with Crippen molar-refractivity contribution in [3.05, 3.63) is 39.5 Å². The molecule has 0 radical (unpaired) electrons. The molecule has 6 heteroatoms. The Kier molecular flexibility index (Phi) is 4.28. The number of benzene rings is 1. The van der Waals surface area contributed by atoms with E-state index in [1.807, 2.05) is 18.2 Å². The summed E-state index contributed by atoms with van der Waals surface area (Å²) in [6.45, 7) is 2.80. The van der Waals surface area contributed by atoms with Crippen molar-refractivity contribution >= 4 is 23.2 Å². The monoisotopic (exact) mass is 391 g/mol. The van der Waals surface area contributed by atoms with Crippen LogP contribution in [0, 0.1) is 5.92 Å². The third-order valence-electron chi connectivity index (χ3n) is 6.15. The number of H-pyrrole nitrogens is 1. The molecule has 3 fully saturated rings. The van der Waals surface area contributed by atoms with Crippen LogP contribution >= 0.6 is 23.2 Å². The van der Waals surface area contributed by atoms with Gasteiger partial charge in [-0.1, -0.05) is 23.2 Å². The lowest BCUT2D eigenvalue weighted by molar-refractivity contribution is -0.00182. The molecule has 4 atom stereocenters. The van der Waals surface area contributed by atoms with Crippen molar-refractivity contribution in [3.63, 3.8) is 0 Å². The van der Waals surface area contributed by atoms with E-state index in [4.69, 9.17) is 27.9 Å². The van der Waals surface area contributed by atoms with Crippen molar-refractivity contribution in [1.29, 1.82) is 0 Å². The molecule has 0 amide bonds. The molecule has 1 aromatic heterocycles. The van der Waals surface area contributed by atoms with Gasteiger partial charge in [-0.2, -0.15) is 5.10 Å². The number of hydrogen-bond donors (Lipinski definition) is 2. The maximum Gasteiger partial charge on any atom is 0.0954 e. The summed E-state index contributed by atoms with van der Waals surface area (Å²) in [6.07, 6.45) is 5.14. The summed E-state index contributed by atoms with van der Waals surface area (Å²) in [5, 5.41) is 12.5. The Labute approximate surface area is 163 Å². The highest BCUT2D eigenvalue weighted by atomic mass is 35.5. The number of halogens is 2. The molecule has 26 heavy (non-hydrogen) atoms. The summed E-state index contributed by atoms with van der Waals surface area (Å²) in [4.78, 5) is 0. The molecule has 0 spiro atoms. The van der Waals surface area contributed by atoms with Crippen molar-refractivity contribution in [2.45, 2.75) is 63.3 Å². The molecule has 2 saturated carbocycles. The third kappa shape index (κ3) is 3.07. The molecule has 2 aromatic rings. The molecule has 2 heterocycles. The van der Waals surface area contributed by atoms with Crippen LogP contribution in [0.1, 0.15) is 49.8 Å². The summed E-state index contributed by atoms with van der Waals surface area (Å²) in [5.74, 6) is 1.25. The largest absolute Gasteiger partial charge is 0.372 e. The summed E-state index contributed by atoms with van der Waals surface area (Å²) < 4.78 is 6.18. The lowest BCUT2D eigenvalue weighted by atomic mass is 9.99. The molecular formula is C20H23Cl2N3O. The van der Waals surface area contributed by atoms with E-state index >= 15 is 0 Å². The Morgan fingerprint density at radius 1 is 1.15 bits per heavy atom. The second-order valence-electron chi connectivity index (χ2n) is 8.05. The van der Waals surface area contributed by atoms with Gasteiger partial charge in [-0.15, -0.1) is 0 Å². The fraction of sp³-hybridized carbons (Fsp3) is 0.550. The van der Waals surface area contributed by atoms with E-state index in [9.17, 15) is 0 Å². The smallest absolute Gasteiger partial charge is 0.0954 e. The molecule has 1 aromatic carbocycles. The molecular weight excluding hydrogens is 369 g/mol. The number of ether oxygens (including phenoxy) is 1. The van der Waals surface area contributed by atoms with E-state index in [1.165, 1.54) is 24.8 Å². The van der Waals surface area contributed by atoms with Gasteiger partial charge in [0.1, 0.15) is 0 Å². The molecule has 4 nitrogen and oxygen atoms in total. The summed E-state index contributed by atoms with van der Waals surface area (Å²) in [6, 6.07) is 7.25. The lowest BCUT2D eigenvalue weighted by Crippen LogP contribution is -2.40. The average Bonchev–Trinajstić information content (AvgIpc) is 3.06. The van der Waals surface area contributed by atoms with Crippen LogP contribution in [-0.4, -0.2) is 28.4 Å². The zero-order chi connectivity index (χ0) is 17.8. The first-order chi connectivity index (χ1) is 12.6. The van der Waals surface area contributed by atoms with Gasteiger partial charge in [-0.25, -0.2) is 0 Å². The molecule has 2 N–H and O–H groups in total. The highest BCUT2D eigenvalue weighted by Gasteiger charge is 2.44. The number of piperidine rings is 1. The number of aromatic nitrogens is 2. The van der Waals surface area contributed by atoms with E-state index in [2.05, 4.69) is 22.4 Å². The first kappa shape index (κ1) is 17.1. The van der Waals surface area contributed by atoms with Gasteiger partial charge in [0.2, 0.25) is 0 Å². The van der Waals surface area contributed by atoms with Gasteiger partial charge in [-0.3, -0.25) is 5.10 Å². The maximum atomic E-state index is 6.51. The summed E-state index contributed by atoms with van der Waals surface area (Å²) in [7, 11) is 0. The number of fused-ring (bicyclic) bond motifs is 2. The van der Waals surface area contributed by atoms with E-state index in [0.717, 1.165) is 23.4 Å². The van der Waals surface area contributed by atoms with E-state index in [1.54, 1.807) is 0 Å². The van der Waals surface area contributed by atoms with Gasteiger partial charge in [0, 0.05) is 23.6 Å². The Morgan fingerprint density at radius 2 is 1.92 bits per heavy atom. The van der Waals surface area contributed by atoms with E-state index in [0.29, 0.717) is 46.7 Å². The predicted molar refractivity (Wildman–Crippen MR) is 104 cm³/mol. The molecule has 138 valence electrons. The molecule has 1 saturated heterocycles. The van der Waals surface area contributed by atoms with Crippen molar-refractivity contribution in [3.8, 4) is 11.3 Å². The number of rotatable bonds is 5. The van der Waals surface area contributed by atoms with Gasteiger partial charge in [0.15, 0.2) is 0 Å². The van der Waals surface area contributed by atoms with Gasteiger partial charge in [-0.05, 0) is 62.3 Å². The van der Waals surface area contributed by atoms with Crippen LogP contribution in [0.2, 0.25) is 10.0 Å². The summed E-state index contributed by atoms with van der Waals surface area (Å²) >= 11 is 13.0. The van der Waals surface area contributed by atoms with Gasteiger partial charge < -0.3 is 10.1 Å². The number of aromatic amines is 1. The zero-order valence-electron chi connectivity index (χ0n) is 14.8. The highest BCUT2D eigenvalue weighted by Crippen LogP contribution is 2.45. The van der Waals surface area contributed by atoms with Crippen LogP contribution in [0.3, 0.4) is 0 Å². The Morgan fingerprint density at radius 3 is 2.58 bits per heavy atom. The minimum Gasteiger partial charge on any atom is -0.372 e. The van der Waals surface area contributed by atoms with Crippen LogP contribution < -0.4 is 5.32 Å². The minimum absolute atomic E-state index is 0.341. The molecule has 5 rings (SSSR count).